The van der Waals surface area contributed by atoms with Crippen molar-refractivity contribution in [1.29, 1.82) is 0 Å². The molecule has 0 radical (unpaired) electrons. The molecule has 0 bridgehead atoms. The summed E-state index contributed by atoms with van der Waals surface area (Å²) in [6.45, 7) is 9.13. The molecular weight excluding hydrogens is 504 g/mol. The van der Waals surface area contributed by atoms with Gasteiger partial charge in [0, 0.05) is 48.1 Å². The van der Waals surface area contributed by atoms with Crippen LogP contribution in [0.1, 0.15) is 39.2 Å². The molecule has 4 rings (SSSR count). The number of anilines is 1. The molecule has 202 valence electrons. The number of fused-ring (bicyclic) bond motifs is 4. The van der Waals surface area contributed by atoms with Crippen LogP contribution in [-0.2, 0) is 14.3 Å². The minimum absolute atomic E-state index is 0. The molecule has 0 fully saturated rings. The molecule has 0 spiro atoms. The lowest BCUT2D eigenvalue weighted by Gasteiger charge is -2.19. The Bertz CT molecular complexity index is 1480. The van der Waals surface area contributed by atoms with E-state index in [-0.39, 0.29) is 30.7 Å². The molecule has 0 saturated heterocycles. The predicted octanol–water partition coefficient (Wildman–Crippen LogP) is 5.24. The van der Waals surface area contributed by atoms with E-state index in [1.54, 1.807) is 0 Å². The number of hydrogen-bond donors (Lipinski definition) is 2. The van der Waals surface area contributed by atoms with Gasteiger partial charge in [0.1, 0.15) is 17.3 Å². The number of benzene rings is 3. The van der Waals surface area contributed by atoms with E-state index in [1.807, 2.05) is 56.3 Å². The lowest BCUT2D eigenvalue weighted by molar-refractivity contribution is -0.146. The zero-order valence-electron chi connectivity index (χ0n) is 22.5. The summed E-state index contributed by atoms with van der Waals surface area (Å²) in [6, 6.07) is 13.3. The van der Waals surface area contributed by atoms with Gasteiger partial charge in [0.05, 0.1) is 12.5 Å². The number of nitrogens with zero attached hydrogens (tertiary/aromatic N) is 2. The van der Waals surface area contributed by atoms with Crippen molar-refractivity contribution in [3.05, 3.63) is 53.4 Å². The van der Waals surface area contributed by atoms with Gasteiger partial charge < -0.3 is 19.8 Å². The number of halogens is 1. The van der Waals surface area contributed by atoms with Crippen LogP contribution < -0.4 is 16.0 Å². The molecule has 38 heavy (non-hydrogen) atoms. The summed E-state index contributed by atoms with van der Waals surface area (Å²) in [6.07, 6.45) is 0.807. The zero-order chi connectivity index (χ0) is 26.5. The summed E-state index contributed by atoms with van der Waals surface area (Å²) in [7, 11) is 1.32. The highest BCUT2D eigenvalue weighted by Gasteiger charge is 2.24. The Kier molecular flexibility index (Phi) is 9.69. The third-order valence-electron chi connectivity index (χ3n) is 6.37. The molecule has 1 aliphatic heterocycles. The van der Waals surface area contributed by atoms with Crippen LogP contribution in [-0.4, -0.2) is 43.1 Å². The first-order valence-corrected chi connectivity index (χ1v) is 12.7. The van der Waals surface area contributed by atoms with Gasteiger partial charge in [-0.1, -0.05) is 38.1 Å². The largest absolute Gasteiger partial charge is 0.467 e. The van der Waals surface area contributed by atoms with Gasteiger partial charge >= 0.3 is 5.97 Å². The van der Waals surface area contributed by atoms with Crippen molar-refractivity contribution in [3.63, 3.8) is 0 Å². The maximum absolute atomic E-state index is 12.4. The van der Waals surface area contributed by atoms with Gasteiger partial charge in [0.15, 0.2) is 11.3 Å². The molecule has 1 heterocycles. The minimum Gasteiger partial charge on any atom is -0.467 e. The first kappa shape index (κ1) is 28.9. The Labute approximate surface area is 228 Å². The molecule has 0 saturated carbocycles. The third kappa shape index (κ3) is 6.25. The number of ether oxygens (including phenoxy) is 1. The molecule has 9 heteroatoms. The Morgan fingerprint density at radius 2 is 1.87 bits per heavy atom. The van der Waals surface area contributed by atoms with E-state index >= 15 is 0 Å². The average molecular weight is 539 g/mol. The summed E-state index contributed by atoms with van der Waals surface area (Å²) < 4.78 is 11.1. The van der Waals surface area contributed by atoms with Gasteiger partial charge in [0.2, 0.25) is 5.91 Å². The first-order chi connectivity index (χ1) is 17.8. The quantitative estimate of drug-likeness (QED) is 0.131. The number of carbonyl (C=O) groups excluding carboxylic acids is 2. The highest BCUT2D eigenvalue weighted by atomic mass is 35.5. The van der Waals surface area contributed by atoms with E-state index in [0.29, 0.717) is 24.3 Å². The highest BCUT2D eigenvalue weighted by Crippen LogP contribution is 2.32. The Balaban J connectivity index is 0.00000400. The maximum Gasteiger partial charge on any atom is 0.328 e. The third-order valence-corrected chi connectivity index (χ3v) is 6.37. The summed E-state index contributed by atoms with van der Waals surface area (Å²) in [4.78, 5) is 34.1. The van der Waals surface area contributed by atoms with Crippen LogP contribution in [0.5, 0.6) is 0 Å². The molecule has 1 aliphatic carbocycles. The molecule has 1 atom stereocenters. The number of aromatic nitrogens is 1. The first-order valence-electron chi connectivity index (χ1n) is 12.7. The van der Waals surface area contributed by atoms with Gasteiger partial charge in [-0.05, 0) is 37.8 Å². The van der Waals surface area contributed by atoms with Crippen molar-refractivity contribution >= 4 is 51.8 Å². The summed E-state index contributed by atoms with van der Waals surface area (Å²) in [5.41, 5.74) is 4.44. The van der Waals surface area contributed by atoms with Crippen LogP contribution >= 0.6 is 12.4 Å². The van der Waals surface area contributed by atoms with E-state index in [2.05, 4.69) is 24.5 Å². The molecule has 1 unspecified atom stereocenters. The lowest BCUT2D eigenvalue weighted by atomic mass is 10.0. The molecule has 2 aromatic rings. The van der Waals surface area contributed by atoms with E-state index in [0.717, 1.165) is 45.1 Å². The van der Waals surface area contributed by atoms with Gasteiger partial charge in [-0.3, -0.25) is 9.79 Å². The molecule has 2 aromatic carbocycles. The normalized spacial score (nSPS) is 12.5. The number of esters is 1. The highest BCUT2D eigenvalue weighted by molar-refractivity contribution is 5.96. The standard InChI is InChI=1S/C29H34N4O4.ClH/c1-6-30-21-15-24-23(14-18(21)4)32-28-20-11-8-7-10-19(20)22(16-25(28)37-24)31-13-9-12-26(34)33-27(17(2)3)29(35)36-5;/h7-8,10-11,14-17,27,30H,6,9,12-13H2,1-5H3,(H,33,34);1H. The fourth-order valence-corrected chi connectivity index (χ4v) is 4.41. The molecule has 2 aliphatic rings. The van der Waals surface area contributed by atoms with E-state index in [1.165, 1.54) is 7.11 Å². The Morgan fingerprint density at radius 1 is 1.13 bits per heavy atom. The van der Waals surface area contributed by atoms with E-state index < -0.39 is 12.0 Å². The van der Waals surface area contributed by atoms with Crippen molar-refractivity contribution in [2.45, 2.75) is 46.6 Å². The van der Waals surface area contributed by atoms with Crippen molar-refractivity contribution in [1.82, 2.24) is 10.3 Å². The van der Waals surface area contributed by atoms with Crippen molar-refractivity contribution in [2.75, 3.05) is 25.5 Å². The topological polar surface area (TPSA) is 106 Å². The second-order valence-corrected chi connectivity index (χ2v) is 9.46. The molecule has 1 amide bonds. The van der Waals surface area contributed by atoms with E-state index in [4.69, 9.17) is 19.1 Å². The van der Waals surface area contributed by atoms with Gasteiger partial charge in [-0.15, -0.1) is 12.4 Å². The van der Waals surface area contributed by atoms with Gasteiger partial charge in [0.25, 0.3) is 0 Å². The summed E-state index contributed by atoms with van der Waals surface area (Å²) in [5.74, 6) is -0.0310. The SMILES string of the molecule is CCNc1cc2oc3cc(=NCCCC(=O)NC(C(=O)OC)C(C)C)c4ccccc4c-3nc2cc1C.Cl. The zero-order valence-corrected chi connectivity index (χ0v) is 23.3. The van der Waals surface area contributed by atoms with Crippen LogP contribution in [0.3, 0.4) is 0 Å². The molecule has 2 N–H and O–H groups in total. The second-order valence-electron chi connectivity index (χ2n) is 9.46. The van der Waals surface area contributed by atoms with Crippen LogP contribution in [0.2, 0.25) is 0 Å². The Hall–Kier alpha value is -3.65. The number of aryl methyl sites for hydroxylation is 1. The monoisotopic (exact) mass is 538 g/mol. The van der Waals surface area contributed by atoms with Crippen LogP contribution in [0, 0.1) is 12.8 Å². The fraction of sp³-hybridized carbons (Fsp3) is 0.379. The van der Waals surface area contributed by atoms with Gasteiger partial charge in [-0.25, -0.2) is 9.78 Å². The van der Waals surface area contributed by atoms with Gasteiger partial charge in [-0.2, -0.15) is 0 Å². The lowest BCUT2D eigenvalue weighted by Crippen LogP contribution is -2.44. The molecular formula is C29H35ClN4O4. The van der Waals surface area contributed by atoms with Crippen molar-refractivity contribution < 1.29 is 18.7 Å². The molecule has 8 nitrogen and oxygen atoms in total. The second kappa shape index (κ2) is 12.7. The average Bonchev–Trinajstić information content (AvgIpc) is 2.89. The molecule has 0 aromatic heterocycles. The minimum atomic E-state index is -0.653. The maximum atomic E-state index is 12.4. The number of rotatable bonds is 9. The number of hydrogen-bond acceptors (Lipinski definition) is 7. The Morgan fingerprint density at radius 3 is 2.55 bits per heavy atom. The van der Waals surface area contributed by atoms with Crippen molar-refractivity contribution in [3.8, 4) is 11.5 Å². The van der Waals surface area contributed by atoms with Crippen LogP contribution in [0.15, 0.2) is 51.9 Å². The summed E-state index contributed by atoms with van der Waals surface area (Å²) in [5, 5.41) is 8.87. The fourth-order valence-electron chi connectivity index (χ4n) is 4.41. The number of carbonyl (C=O) groups is 2. The number of methoxy groups -OCH3 is 1. The van der Waals surface area contributed by atoms with E-state index in [9.17, 15) is 9.59 Å². The van der Waals surface area contributed by atoms with Crippen LogP contribution in [0.4, 0.5) is 5.69 Å². The van der Waals surface area contributed by atoms with Crippen molar-refractivity contribution in [2.24, 2.45) is 10.9 Å². The van der Waals surface area contributed by atoms with Crippen LogP contribution in [0.25, 0.3) is 33.3 Å². The summed E-state index contributed by atoms with van der Waals surface area (Å²) >= 11 is 0. The smallest absolute Gasteiger partial charge is 0.328 e. The number of nitrogens with one attached hydrogen (secondary N) is 2. The predicted molar refractivity (Wildman–Crippen MR) is 153 cm³/mol. The number of amides is 1.